The van der Waals surface area contributed by atoms with Crippen molar-refractivity contribution in [2.75, 3.05) is 13.1 Å². The molecule has 0 spiro atoms. The Bertz CT molecular complexity index is 1190. The summed E-state index contributed by atoms with van der Waals surface area (Å²) in [7, 11) is 0. The maximum atomic E-state index is 13.2. The van der Waals surface area contributed by atoms with E-state index in [9.17, 15) is 19.5 Å². The summed E-state index contributed by atoms with van der Waals surface area (Å²) in [6.07, 6.45) is -0.757. The van der Waals surface area contributed by atoms with Gasteiger partial charge in [0.25, 0.3) is 0 Å². The van der Waals surface area contributed by atoms with Gasteiger partial charge in [-0.25, -0.2) is 9.59 Å². The third-order valence-electron chi connectivity index (χ3n) is 6.88. The molecule has 2 aliphatic rings. The molecule has 2 heterocycles. The van der Waals surface area contributed by atoms with E-state index in [0.717, 1.165) is 38.9 Å². The Kier molecular flexibility index (Phi) is 6.49. The number of hydrogen-bond acceptors (Lipinski definition) is 4. The van der Waals surface area contributed by atoms with Crippen LogP contribution in [-0.4, -0.2) is 51.4 Å². The quantitative estimate of drug-likeness (QED) is 0.673. The maximum absolute atomic E-state index is 13.2. The number of nitrogens with zero attached hydrogens (tertiary/aromatic N) is 2. The third-order valence-corrected chi connectivity index (χ3v) is 6.88. The molecule has 7 heteroatoms. The number of aryl methyl sites for hydroxylation is 1. The van der Waals surface area contributed by atoms with E-state index in [0.29, 0.717) is 31.6 Å². The number of carbonyl (C=O) groups is 3. The molecule has 35 heavy (non-hydrogen) atoms. The number of ketones is 1. The smallest absolute Gasteiger partial charge is 0.337 e. The summed E-state index contributed by atoms with van der Waals surface area (Å²) in [5.41, 5.74) is 6.66. The number of carbonyl (C=O) groups excluding carboxylic acids is 2. The molecule has 0 bridgehead atoms. The summed E-state index contributed by atoms with van der Waals surface area (Å²) in [6.45, 7) is 12.9. The highest BCUT2D eigenvalue weighted by molar-refractivity contribution is 5.89. The lowest BCUT2D eigenvalue weighted by atomic mass is 9.83. The van der Waals surface area contributed by atoms with Crippen LogP contribution in [0.15, 0.2) is 24.3 Å². The lowest BCUT2D eigenvalue weighted by Crippen LogP contribution is -2.39. The van der Waals surface area contributed by atoms with E-state index >= 15 is 0 Å². The molecule has 1 N–H and O–H groups in total. The molecule has 4 rings (SSSR count). The van der Waals surface area contributed by atoms with Crippen LogP contribution < -0.4 is 0 Å². The van der Waals surface area contributed by atoms with Crippen LogP contribution in [0.5, 0.6) is 0 Å². The van der Waals surface area contributed by atoms with Crippen molar-refractivity contribution in [2.45, 2.75) is 72.8 Å². The zero-order valence-electron chi connectivity index (χ0n) is 21.4. The molecular weight excluding hydrogens is 444 g/mol. The van der Waals surface area contributed by atoms with Crippen molar-refractivity contribution >= 4 is 17.8 Å². The van der Waals surface area contributed by atoms with Crippen LogP contribution in [0, 0.1) is 20.8 Å². The number of benzene rings is 2. The molecule has 1 saturated heterocycles. The molecule has 0 radical (unpaired) electrons. The van der Waals surface area contributed by atoms with Crippen LogP contribution in [0.3, 0.4) is 0 Å². The topological polar surface area (TPSA) is 87.2 Å². The number of ether oxygens (including phenoxy) is 1. The fraction of sp³-hybridized carbons (Fsp3) is 0.464. The molecule has 2 aliphatic heterocycles. The van der Waals surface area contributed by atoms with Gasteiger partial charge in [0.15, 0.2) is 11.9 Å². The van der Waals surface area contributed by atoms with Gasteiger partial charge in [0.05, 0.1) is 12.1 Å². The van der Waals surface area contributed by atoms with Crippen molar-refractivity contribution in [1.29, 1.82) is 0 Å². The van der Waals surface area contributed by atoms with Gasteiger partial charge >= 0.3 is 12.0 Å². The number of Topliss-reactive ketones (excluding diaryl/α,β-unsaturated/α-hetero) is 1. The fourth-order valence-corrected chi connectivity index (χ4v) is 5.16. The number of aliphatic carboxylic acids is 1. The molecule has 0 aromatic heterocycles. The van der Waals surface area contributed by atoms with E-state index in [2.05, 4.69) is 0 Å². The molecular formula is C28H34N2O5. The van der Waals surface area contributed by atoms with Gasteiger partial charge in [-0.15, -0.1) is 0 Å². The van der Waals surface area contributed by atoms with Crippen LogP contribution in [0.1, 0.15) is 66.7 Å². The summed E-state index contributed by atoms with van der Waals surface area (Å²) in [4.78, 5) is 40.8. The Hall–Kier alpha value is -3.19. The Morgan fingerprint density at radius 1 is 0.943 bits per heavy atom. The van der Waals surface area contributed by atoms with Crippen LogP contribution >= 0.6 is 0 Å². The van der Waals surface area contributed by atoms with E-state index in [1.54, 1.807) is 9.80 Å². The minimum atomic E-state index is -1.16. The second kappa shape index (κ2) is 9.11. The number of rotatable bonds is 4. The number of fused-ring (bicyclic) bond motifs is 1. The van der Waals surface area contributed by atoms with Gasteiger partial charge in [-0.3, -0.25) is 4.79 Å². The van der Waals surface area contributed by atoms with Gasteiger partial charge in [-0.05, 0) is 74.9 Å². The van der Waals surface area contributed by atoms with Gasteiger partial charge in [0, 0.05) is 31.6 Å². The molecule has 7 nitrogen and oxygen atoms in total. The number of carboxylic acid groups (broad SMARTS) is 1. The monoisotopic (exact) mass is 478 g/mol. The zero-order chi connectivity index (χ0) is 25.7. The second-order valence-corrected chi connectivity index (χ2v) is 10.7. The molecule has 1 fully saturated rings. The molecule has 2 aromatic carbocycles. The Morgan fingerprint density at radius 3 is 2.06 bits per heavy atom. The van der Waals surface area contributed by atoms with Crippen molar-refractivity contribution in [3.05, 3.63) is 57.6 Å². The van der Waals surface area contributed by atoms with E-state index < -0.39 is 17.7 Å². The van der Waals surface area contributed by atoms with Crippen molar-refractivity contribution in [3.8, 4) is 11.1 Å². The second-order valence-electron chi connectivity index (χ2n) is 10.7. The summed E-state index contributed by atoms with van der Waals surface area (Å²) in [5.74, 6) is -0.966. The first-order valence-corrected chi connectivity index (χ1v) is 12.1. The number of likely N-dealkylation sites (tertiary alicyclic amines) is 1. The number of carboxylic acids is 1. The summed E-state index contributed by atoms with van der Waals surface area (Å²) < 4.78 is 6.11. The fourth-order valence-electron chi connectivity index (χ4n) is 5.16. The largest absolute Gasteiger partial charge is 0.479 e. The molecule has 0 aliphatic carbocycles. The van der Waals surface area contributed by atoms with E-state index in [-0.39, 0.29) is 18.4 Å². The molecule has 2 aromatic rings. The van der Waals surface area contributed by atoms with E-state index in [4.69, 9.17) is 4.74 Å². The summed E-state index contributed by atoms with van der Waals surface area (Å²) in [6, 6.07) is 7.90. The summed E-state index contributed by atoms with van der Waals surface area (Å²) >= 11 is 0. The van der Waals surface area contributed by atoms with Crippen LogP contribution in [-0.2, 0) is 27.4 Å². The van der Waals surface area contributed by atoms with Crippen molar-refractivity contribution in [2.24, 2.45) is 0 Å². The van der Waals surface area contributed by atoms with Crippen LogP contribution in [0.4, 0.5) is 4.79 Å². The average Bonchev–Trinajstić information content (AvgIpc) is 3.41. The van der Waals surface area contributed by atoms with E-state index in [1.807, 2.05) is 65.8 Å². The molecule has 2 amide bonds. The van der Waals surface area contributed by atoms with Gasteiger partial charge < -0.3 is 19.6 Å². The Morgan fingerprint density at radius 2 is 1.54 bits per heavy atom. The first-order valence-electron chi connectivity index (χ1n) is 12.1. The van der Waals surface area contributed by atoms with Gasteiger partial charge in [-0.2, -0.15) is 0 Å². The van der Waals surface area contributed by atoms with Crippen LogP contribution in [0.2, 0.25) is 0 Å². The highest BCUT2D eigenvalue weighted by Crippen LogP contribution is 2.43. The van der Waals surface area contributed by atoms with Gasteiger partial charge in [-0.1, -0.05) is 29.8 Å². The summed E-state index contributed by atoms with van der Waals surface area (Å²) in [5, 5.41) is 10.2. The van der Waals surface area contributed by atoms with Gasteiger partial charge in [0.2, 0.25) is 0 Å². The number of urea groups is 1. The standard InChI is InChI=1S/C28H34N2O5/c1-16-7-9-19(10-8-16)23-17(2)21-14-30(27(34)29-12-11-20(31)13-29)15-22(21)18(3)24(23)25(26(32)33)35-28(4,5)6/h7-10,25H,11-15H2,1-6H3,(H,32,33)/t25-/m0/s1. The Balaban J connectivity index is 1.86. The number of amides is 2. The molecule has 0 unspecified atom stereocenters. The third kappa shape index (κ3) is 4.82. The lowest BCUT2D eigenvalue weighted by Gasteiger charge is -2.29. The lowest BCUT2D eigenvalue weighted by molar-refractivity contribution is -0.160. The first kappa shape index (κ1) is 24.9. The minimum Gasteiger partial charge on any atom is -0.479 e. The Labute approximate surface area is 206 Å². The molecule has 1 atom stereocenters. The molecule has 0 saturated carbocycles. The van der Waals surface area contributed by atoms with Gasteiger partial charge in [0.1, 0.15) is 0 Å². The molecule has 186 valence electrons. The highest BCUT2D eigenvalue weighted by Gasteiger charge is 2.38. The first-order chi connectivity index (χ1) is 16.4. The average molecular weight is 479 g/mol. The number of hydrogen-bond donors (Lipinski definition) is 1. The zero-order valence-corrected chi connectivity index (χ0v) is 21.4. The van der Waals surface area contributed by atoms with Crippen molar-refractivity contribution in [1.82, 2.24) is 9.80 Å². The predicted molar refractivity (Wildman–Crippen MR) is 133 cm³/mol. The highest BCUT2D eigenvalue weighted by atomic mass is 16.5. The van der Waals surface area contributed by atoms with Crippen molar-refractivity contribution in [3.63, 3.8) is 0 Å². The SMILES string of the molecule is Cc1ccc(-c2c(C)c3c(c(C)c2[C@H](OC(C)(C)C)C(=O)O)CN(C(=O)N2CCC(=O)C2)C3)cc1. The maximum Gasteiger partial charge on any atom is 0.337 e. The predicted octanol–water partition coefficient (Wildman–Crippen LogP) is 4.93. The van der Waals surface area contributed by atoms with Crippen molar-refractivity contribution < 1.29 is 24.2 Å². The normalized spacial score (nSPS) is 16.6. The van der Waals surface area contributed by atoms with Crippen LogP contribution in [0.25, 0.3) is 11.1 Å². The minimum absolute atomic E-state index is 0.0787. The van der Waals surface area contributed by atoms with E-state index in [1.165, 1.54) is 0 Å².